The maximum Gasteiger partial charge on any atom is 0.0905 e. The van der Waals surface area contributed by atoms with Crippen molar-refractivity contribution < 1.29 is 0 Å². The second kappa shape index (κ2) is 8.43. The number of nitrogens with two attached hydrogens (primary N) is 1. The maximum atomic E-state index is 6.85. The Labute approximate surface area is 67.4 Å². The Morgan fingerprint density at radius 2 is 2.00 bits per heavy atom. The molecular formula is C6H14ClN3. The molecule has 0 saturated heterocycles. The van der Waals surface area contributed by atoms with Crippen molar-refractivity contribution in [2.24, 2.45) is 5.73 Å². The highest BCUT2D eigenvalue weighted by atomic mass is 35.5. The first kappa shape index (κ1) is 12.1. The first-order valence-corrected chi connectivity index (χ1v) is 3.09. The largest absolute Gasteiger partial charge is 0.388 e. The third-order valence-electron chi connectivity index (χ3n) is 1.04. The first-order chi connectivity index (χ1) is 4.27. The fourth-order valence-corrected chi connectivity index (χ4v) is 0.562. The lowest BCUT2D eigenvalue weighted by Gasteiger charge is -1.93. The van der Waals surface area contributed by atoms with E-state index < -0.39 is 0 Å². The molecule has 0 radical (unpaired) electrons. The molecule has 0 aromatic heterocycles. The molecule has 0 atom stereocenters. The third kappa shape index (κ3) is 10.4. The first-order valence-electron chi connectivity index (χ1n) is 3.09. The van der Waals surface area contributed by atoms with E-state index in [0.717, 1.165) is 19.3 Å². The van der Waals surface area contributed by atoms with Crippen LogP contribution in [0.1, 0.15) is 25.7 Å². The minimum atomic E-state index is 0. The van der Waals surface area contributed by atoms with Gasteiger partial charge >= 0.3 is 0 Å². The predicted molar refractivity (Wildman–Crippen MR) is 46.4 cm³/mol. The van der Waals surface area contributed by atoms with Crippen LogP contribution < -0.4 is 5.73 Å². The summed E-state index contributed by atoms with van der Waals surface area (Å²) in [5.41, 5.74) is 5.10. The van der Waals surface area contributed by atoms with Crippen molar-refractivity contribution >= 4 is 24.5 Å². The van der Waals surface area contributed by atoms with Crippen LogP contribution in [0.4, 0.5) is 0 Å². The Hall–Kier alpha value is -0.570. The molecule has 60 valence electrons. The van der Waals surface area contributed by atoms with Crippen LogP contribution in [-0.4, -0.2) is 12.1 Å². The molecule has 0 heterocycles. The molecule has 0 aromatic carbocycles. The molecule has 0 aliphatic carbocycles. The fourth-order valence-electron chi connectivity index (χ4n) is 0.562. The molecule has 0 aliphatic rings. The number of unbranched alkanes of at least 4 members (excludes halogenated alkanes) is 2. The minimum absolute atomic E-state index is 0. The maximum absolute atomic E-state index is 6.85. The van der Waals surface area contributed by atoms with Crippen molar-refractivity contribution in [1.82, 2.24) is 0 Å². The Kier molecular flexibility index (Phi) is 10.2. The number of halogens is 1. The van der Waals surface area contributed by atoms with E-state index in [4.69, 9.17) is 16.6 Å². The van der Waals surface area contributed by atoms with Gasteiger partial charge in [0.25, 0.3) is 0 Å². The van der Waals surface area contributed by atoms with Crippen LogP contribution in [0.2, 0.25) is 0 Å². The van der Waals surface area contributed by atoms with Crippen LogP contribution in [-0.2, 0) is 0 Å². The van der Waals surface area contributed by atoms with Crippen molar-refractivity contribution in [3.05, 3.63) is 0 Å². The van der Waals surface area contributed by atoms with E-state index in [1.165, 1.54) is 6.21 Å². The van der Waals surface area contributed by atoms with E-state index >= 15 is 0 Å². The van der Waals surface area contributed by atoms with Gasteiger partial charge in [-0.25, -0.2) is 0 Å². The molecule has 0 unspecified atom stereocenters. The molecule has 10 heavy (non-hydrogen) atoms. The van der Waals surface area contributed by atoms with Gasteiger partial charge in [0.15, 0.2) is 0 Å². The van der Waals surface area contributed by atoms with Crippen molar-refractivity contribution in [3.63, 3.8) is 0 Å². The van der Waals surface area contributed by atoms with Crippen LogP contribution in [0.3, 0.4) is 0 Å². The molecule has 0 rings (SSSR count). The van der Waals surface area contributed by atoms with Gasteiger partial charge < -0.3 is 11.1 Å². The molecule has 3 nitrogen and oxygen atoms in total. The van der Waals surface area contributed by atoms with Gasteiger partial charge in [-0.15, -0.1) is 12.4 Å². The third-order valence-corrected chi connectivity index (χ3v) is 1.04. The van der Waals surface area contributed by atoms with Gasteiger partial charge in [0, 0.05) is 6.42 Å². The summed E-state index contributed by atoms with van der Waals surface area (Å²) in [5.74, 6) is 0.250. The summed E-state index contributed by atoms with van der Waals surface area (Å²) in [6, 6.07) is 0. The molecule has 0 aromatic rings. The normalized spacial score (nSPS) is 8.00. The lowest BCUT2D eigenvalue weighted by molar-refractivity contribution is 0.794. The molecule has 0 aliphatic heterocycles. The highest BCUT2D eigenvalue weighted by molar-refractivity contribution is 5.85. The molecule has 0 amide bonds. The number of hydrogen-bond acceptors (Lipinski definition) is 2. The Balaban J connectivity index is 0. The smallest absolute Gasteiger partial charge is 0.0905 e. The summed E-state index contributed by atoms with van der Waals surface area (Å²) in [6.45, 7) is 0. The fraction of sp³-hybridized carbons (Fsp3) is 0.667. The van der Waals surface area contributed by atoms with Crippen molar-refractivity contribution in [3.8, 4) is 0 Å². The Morgan fingerprint density at radius 1 is 1.40 bits per heavy atom. The average Bonchev–Trinajstić information content (AvgIpc) is 1.80. The SMILES string of the molecule is Cl.N=CCCCCC(=N)N. The summed E-state index contributed by atoms with van der Waals surface area (Å²) >= 11 is 0. The van der Waals surface area contributed by atoms with Gasteiger partial charge in [-0.3, -0.25) is 5.41 Å². The Morgan fingerprint density at radius 3 is 2.40 bits per heavy atom. The zero-order valence-electron chi connectivity index (χ0n) is 5.89. The van der Waals surface area contributed by atoms with Crippen LogP contribution >= 0.6 is 12.4 Å². The molecule has 0 bridgehead atoms. The second-order valence-electron chi connectivity index (χ2n) is 1.98. The zero-order valence-corrected chi connectivity index (χ0v) is 6.71. The Bertz CT molecular complexity index is 103. The van der Waals surface area contributed by atoms with Crippen LogP contribution in [0.5, 0.6) is 0 Å². The van der Waals surface area contributed by atoms with Crippen LogP contribution in [0.25, 0.3) is 0 Å². The van der Waals surface area contributed by atoms with E-state index in [9.17, 15) is 0 Å². The number of hydrogen-bond donors (Lipinski definition) is 3. The highest BCUT2D eigenvalue weighted by Crippen LogP contribution is 1.95. The van der Waals surface area contributed by atoms with Crippen molar-refractivity contribution in [2.45, 2.75) is 25.7 Å². The minimum Gasteiger partial charge on any atom is -0.388 e. The second-order valence-corrected chi connectivity index (χ2v) is 1.98. The molecular weight excluding hydrogens is 150 g/mol. The van der Waals surface area contributed by atoms with Gasteiger partial charge in [-0.05, 0) is 25.5 Å². The van der Waals surface area contributed by atoms with Crippen LogP contribution in [0, 0.1) is 10.8 Å². The van der Waals surface area contributed by atoms with E-state index in [-0.39, 0.29) is 18.2 Å². The summed E-state index contributed by atoms with van der Waals surface area (Å²) in [7, 11) is 0. The van der Waals surface area contributed by atoms with Gasteiger partial charge in [0.2, 0.25) is 0 Å². The summed E-state index contributed by atoms with van der Waals surface area (Å²) in [6.07, 6.45) is 4.79. The summed E-state index contributed by atoms with van der Waals surface area (Å²) in [5, 5.41) is 13.5. The average molecular weight is 164 g/mol. The number of nitrogens with one attached hydrogen (secondary N) is 2. The quantitative estimate of drug-likeness (QED) is 0.321. The summed E-state index contributed by atoms with van der Waals surface area (Å²) < 4.78 is 0. The molecule has 4 heteroatoms. The van der Waals surface area contributed by atoms with Gasteiger partial charge in [-0.2, -0.15) is 0 Å². The van der Waals surface area contributed by atoms with E-state index in [1.807, 2.05) is 0 Å². The molecule has 0 fully saturated rings. The van der Waals surface area contributed by atoms with E-state index in [0.29, 0.717) is 6.42 Å². The van der Waals surface area contributed by atoms with E-state index in [1.54, 1.807) is 0 Å². The lowest BCUT2D eigenvalue weighted by Crippen LogP contribution is -2.08. The van der Waals surface area contributed by atoms with Gasteiger partial charge in [0.05, 0.1) is 5.84 Å². The lowest BCUT2D eigenvalue weighted by atomic mass is 10.2. The standard InChI is InChI=1S/C6H13N3.ClH/c7-5-3-1-2-4-6(8)9;/h5,7H,1-4H2,(H3,8,9);1H. The number of rotatable bonds is 5. The molecule has 0 saturated carbocycles. The summed E-state index contributed by atoms with van der Waals surface area (Å²) in [4.78, 5) is 0. The topological polar surface area (TPSA) is 73.7 Å². The highest BCUT2D eigenvalue weighted by Gasteiger charge is 1.88. The van der Waals surface area contributed by atoms with Gasteiger partial charge in [0.1, 0.15) is 0 Å². The monoisotopic (exact) mass is 163 g/mol. The van der Waals surface area contributed by atoms with Crippen molar-refractivity contribution in [2.75, 3.05) is 0 Å². The van der Waals surface area contributed by atoms with Gasteiger partial charge in [-0.1, -0.05) is 0 Å². The van der Waals surface area contributed by atoms with E-state index in [2.05, 4.69) is 0 Å². The number of amidine groups is 1. The zero-order chi connectivity index (χ0) is 7.11. The van der Waals surface area contributed by atoms with Crippen molar-refractivity contribution in [1.29, 1.82) is 10.8 Å². The van der Waals surface area contributed by atoms with Crippen LogP contribution in [0.15, 0.2) is 0 Å². The predicted octanol–water partition coefficient (Wildman–Crippen LogP) is 1.55. The molecule has 4 N–H and O–H groups in total. The molecule has 0 spiro atoms.